The summed E-state index contributed by atoms with van der Waals surface area (Å²) in [4.78, 5) is 21.7. The van der Waals surface area contributed by atoms with Gasteiger partial charge in [-0.05, 0) is 35.7 Å². The molecule has 5 heteroatoms. The molecule has 3 heterocycles. The Hall–Kier alpha value is -3.05. The van der Waals surface area contributed by atoms with Crippen LogP contribution in [-0.2, 0) is 6.54 Å². The van der Waals surface area contributed by atoms with Crippen LogP contribution in [0.1, 0.15) is 16.1 Å². The molecule has 3 aromatic heterocycles. The highest BCUT2D eigenvalue weighted by Gasteiger charge is 2.14. The number of hydrogen-bond acceptors (Lipinski definition) is 4. The van der Waals surface area contributed by atoms with Crippen LogP contribution >= 0.6 is 11.3 Å². The number of carbonyl (C=O) groups is 1. The molecule has 1 amide bonds. The molecule has 0 unspecified atom stereocenters. The zero-order valence-electron chi connectivity index (χ0n) is 13.3. The van der Waals surface area contributed by atoms with Crippen LogP contribution in [0.25, 0.3) is 22.2 Å². The number of benzene rings is 1. The van der Waals surface area contributed by atoms with Crippen molar-refractivity contribution in [3.8, 4) is 11.3 Å². The molecule has 1 aromatic carbocycles. The SMILES string of the molecule is O=C(NCc1ccccn1)c1cc(-c2ccsc2)nc2ccccc12. The number of hydrogen-bond donors (Lipinski definition) is 1. The van der Waals surface area contributed by atoms with E-state index in [0.717, 1.165) is 27.9 Å². The maximum Gasteiger partial charge on any atom is 0.252 e. The van der Waals surface area contributed by atoms with Gasteiger partial charge >= 0.3 is 0 Å². The highest BCUT2D eigenvalue weighted by Crippen LogP contribution is 2.26. The molecule has 0 atom stereocenters. The van der Waals surface area contributed by atoms with E-state index in [2.05, 4.69) is 10.3 Å². The van der Waals surface area contributed by atoms with Gasteiger partial charge in [0.2, 0.25) is 0 Å². The largest absolute Gasteiger partial charge is 0.346 e. The summed E-state index contributed by atoms with van der Waals surface area (Å²) in [6, 6.07) is 17.2. The minimum Gasteiger partial charge on any atom is -0.346 e. The van der Waals surface area contributed by atoms with Crippen LogP contribution in [0.15, 0.2) is 71.6 Å². The Balaban J connectivity index is 1.71. The molecule has 0 fully saturated rings. The molecule has 4 aromatic rings. The van der Waals surface area contributed by atoms with E-state index < -0.39 is 0 Å². The van der Waals surface area contributed by atoms with Crippen LogP contribution in [0.3, 0.4) is 0 Å². The lowest BCUT2D eigenvalue weighted by Crippen LogP contribution is -2.23. The molecule has 0 spiro atoms. The number of aromatic nitrogens is 2. The Morgan fingerprint density at radius 1 is 1.08 bits per heavy atom. The Labute approximate surface area is 149 Å². The molecule has 1 N–H and O–H groups in total. The number of pyridine rings is 2. The quantitative estimate of drug-likeness (QED) is 0.600. The van der Waals surface area contributed by atoms with Crippen molar-refractivity contribution >= 4 is 28.1 Å². The number of carbonyl (C=O) groups excluding carboxylic acids is 1. The van der Waals surface area contributed by atoms with Crippen LogP contribution in [0.5, 0.6) is 0 Å². The maximum atomic E-state index is 12.8. The summed E-state index contributed by atoms with van der Waals surface area (Å²) < 4.78 is 0. The van der Waals surface area contributed by atoms with Crippen molar-refractivity contribution in [1.29, 1.82) is 0 Å². The van der Waals surface area contributed by atoms with Gasteiger partial charge in [0, 0.05) is 22.5 Å². The van der Waals surface area contributed by atoms with Crippen LogP contribution in [0.4, 0.5) is 0 Å². The smallest absolute Gasteiger partial charge is 0.252 e. The number of nitrogens with zero attached hydrogens (tertiary/aromatic N) is 2. The topological polar surface area (TPSA) is 54.9 Å². The van der Waals surface area contributed by atoms with Gasteiger partial charge < -0.3 is 5.32 Å². The van der Waals surface area contributed by atoms with Gasteiger partial charge in [-0.2, -0.15) is 11.3 Å². The fourth-order valence-electron chi connectivity index (χ4n) is 2.69. The normalized spacial score (nSPS) is 10.7. The van der Waals surface area contributed by atoms with Crippen LogP contribution in [0.2, 0.25) is 0 Å². The van der Waals surface area contributed by atoms with Gasteiger partial charge in [-0.1, -0.05) is 24.3 Å². The molecule has 0 aliphatic heterocycles. The van der Waals surface area contributed by atoms with Crippen molar-refractivity contribution in [2.24, 2.45) is 0 Å². The number of nitrogens with one attached hydrogen (secondary N) is 1. The number of rotatable bonds is 4. The van der Waals surface area contributed by atoms with Gasteiger partial charge in [0.15, 0.2) is 0 Å². The fourth-order valence-corrected chi connectivity index (χ4v) is 3.34. The first kappa shape index (κ1) is 15.5. The minimum atomic E-state index is -0.124. The third-order valence-corrected chi connectivity index (χ3v) is 4.62. The summed E-state index contributed by atoms with van der Waals surface area (Å²) >= 11 is 1.61. The Bertz CT molecular complexity index is 1010. The van der Waals surface area contributed by atoms with Crippen molar-refractivity contribution in [2.45, 2.75) is 6.54 Å². The van der Waals surface area contributed by atoms with Crippen molar-refractivity contribution in [2.75, 3.05) is 0 Å². The van der Waals surface area contributed by atoms with Crippen molar-refractivity contribution < 1.29 is 4.79 Å². The second kappa shape index (κ2) is 6.83. The molecular weight excluding hydrogens is 330 g/mol. The van der Waals surface area contributed by atoms with Crippen LogP contribution in [-0.4, -0.2) is 15.9 Å². The zero-order valence-corrected chi connectivity index (χ0v) is 14.2. The summed E-state index contributed by atoms with van der Waals surface area (Å²) in [7, 11) is 0. The van der Waals surface area contributed by atoms with Crippen molar-refractivity contribution in [3.63, 3.8) is 0 Å². The van der Waals surface area contributed by atoms with E-state index in [9.17, 15) is 4.79 Å². The van der Waals surface area contributed by atoms with Gasteiger partial charge in [-0.3, -0.25) is 9.78 Å². The van der Waals surface area contributed by atoms with Gasteiger partial charge in [0.25, 0.3) is 5.91 Å². The molecule has 0 bridgehead atoms. The average Bonchev–Trinajstić information content (AvgIpc) is 3.21. The molecule has 0 aliphatic carbocycles. The van der Waals surface area contributed by atoms with E-state index in [1.54, 1.807) is 17.5 Å². The second-order valence-corrected chi connectivity index (χ2v) is 6.37. The van der Waals surface area contributed by atoms with E-state index >= 15 is 0 Å². The molecular formula is C20H15N3OS. The van der Waals surface area contributed by atoms with Crippen LogP contribution < -0.4 is 5.32 Å². The van der Waals surface area contributed by atoms with E-state index in [1.165, 1.54) is 0 Å². The van der Waals surface area contributed by atoms with Gasteiger partial charge in [-0.25, -0.2) is 4.98 Å². The average molecular weight is 345 g/mol. The summed E-state index contributed by atoms with van der Waals surface area (Å²) in [5.41, 5.74) is 4.10. The predicted molar refractivity (Wildman–Crippen MR) is 100 cm³/mol. The number of fused-ring (bicyclic) bond motifs is 1. The zero-order chi connectivity index (χ0) is 17.1. The highest BCUT2D eigenvalue weighted by atomic mass is 32.1. The Morgan fingerprint density at radius 3 is 2.76 bits per heavy atom. The molecule has 4 rings (SSSR count). The first-order valence-corrected chi connectivity index (χ1v) is 8.86. The van der Waals surface area contributed by atoms with Crippen molar-refractivity contribution in [3.05, 3.63) is 82.8 Å². The molecule has 122 valence electrons. The summed E-state index contributed by atoms with van der Waals surface area (Å²) in [6.45, 7) is 0.393. The molecule has 0 saturated heterocycles. The second-order valence-electron chi connectivity index (χ2n) is 5.59. The number of amides is 1. The summed E-state index contributed by atoms with van der Waals surface area (Å²) in [5.74, 6) is -0.124. The predicted octanol–water partition coefficient (Wildman–Crippen LogP) is 4.29. The third kappa shape index (κ3) is 3.27. The maximum absolute atomic E-state index is 12.8. The summed E-state index contributed by atoms with van der Waals surface area (Å²) in [6.07, 6.45) is 1.72. The molecule has 25 heavy (non-hydrogen) atoms. The Kier molecular flexibility index (Phi) is 4.23. The van der Waals surface area contributed by atoms with E-state index in [1.807, 2.05) is 65.4 Å². The van der Waals surface area contributed by atoms with Crippen LogP contribution in [0, 0.1) is 0 Å². The highest BCUT2D eigenvalue weighted by molar-refractivity contribution is 7.08. The third-order valence-electron chi connectivity index (χ3n) is 3.93. The Morgan fingerprint density at radius 2 is 1.96 bits per heavy atom. The summed E-state index contributed by atoms with van der Waals surface area (Å²) in [5, 5.41) is 7.84. The van der Waals surface area contributed by atoms with E-state index in [-0.39, 0.29) is 5.91 Å². The van der Waals surface area contributed by atoms with Gasteiger partial charge in [0.05, 0.1) is 29.0 Å². The monoisotopic (exact) mass is 345 g/mol. The molecule has 0 radical (unpaired) electrons. The first-order valence-electron chi connectivity index (χ1n) is 7.92. The lowest BCUT2D eigenvalue weighted by atomic mass is 10.0. The molecule has 0 saturated carbocycles. The molecule has 0 aliphatic rings. The lowest BCUT2D eigenvalue weighted by molar-refractivity contribution is 0.0952. The van der Waals surface area contributed by atoms with Gasteiger partial charge in [-0.15, -0.1) is 0 Å². The van der Waals surface area contributed by atoms with Crippen molar-refractivity contribution in [1.82, 2.24) is 15.3 Å². The first-order chi connectivity index (χ1) is 12.3. The fraction of sp³-hybridized carbons (Fsp3) is 0.0500. The number of para-hydroxylation sites is 1. The standard InChI is InChI=1S/C20H15N3OS/c24-20(22-12-15-5-3-4-9-21-15)17-11-19(14-8-10-25-13-14)23-18-7-2-1-6-16(17)18/h1-11,13H,12H2,(H,22,24). The van der Waals surface area contributed by atoms with E-state index in [0.29, 0.717) is 12.1 Å². The van der Waals surface area contributed by atoms with E-state index in [4.69, 9.17) is 4.98 Å². The van der Waals surface area contributed by atoms with Gasteiger partial charge in [0.1, 0.15) is 0 Å². The lowest BCUT2D eigenvalue weighted by Gasteiger charge is -2.10. The minimum absolute atomic E-state index is 0.124. The molecule has 4 nitrogen and oxygen atoms in total. The number of thiophene rings is 1.